The third-order valence-electron chi connectivity index (χ3n) is 5.37. The Balaban J connectivity index is 1.98. The summed E-state index contributed by atoms with van der Waals surface area (Å²) in [4.78, 5) is 24.4. The average molecular weight is 463 g/mol. The van der Waals surface area contributed by atoms with Gasteiger partial charge in [0.2, 0.25) is 5.91 Å². The molecule has 0 aliphatic carbocycles. The molecule has 0 aromatic heterocycles. The predicted molar refractivity (Wildman–Crippen MR) is 134 cm³/mol. The minimum absolute atomic E-state index is 0.275. The molecule has 0 heterocycles. The molecule has 172 valence electrons. The summed E-state index contributed by atoms with van der Waals surface area (Å²) in [6.07, 6.45) is 1.05. The molecule has 0 aliphatic heterocycles. The number of alkyl carbamates (subject to hydrolysis) is 1. The molecule has 3 rings (SSSR count). The number of rotatable bonds is 11. The minimum Gasteiger partial charge on any atom is -0.450 e. The number of unbranched alkanes of at least 4 members (excludes halogenated alkanes) is 1. The van der Waals surface area contributed by atoms with E-state index < -0.39 is 22.8 Å². The maximum atomic E-state index is 12.2. The van der Waals surface area contributed by atoms with Crippen molar-refractivity contribution in [2.24, 2.45) is 5.73 Å². The average Bonchev–Trinajstić information content (AvgIpc) is 2.85. The molecule has 0 unspecified atom stereocenters. The zero-order chi connectivity index (χ0) is 23.5. The highest BCUT2D eigenvalue weighted by Gasteiger charge is 2.38. The van der Waals surface area contributed by atoms with Crippen LogP contribution in [0.25, 0.3) is 0 Å². The SMILES string of the molecule is CCCCOC(=O)N[C@@H](CSC(c1ccccc1)(c1ccccc1)c1ccccc1)C(N)=O. The van der Waals surface area contributed by atoms with E-state index in [1.165, 1.54) is 0 Å². The first-order chi connectivity index (χ1) is 16.1. The van der Waals surface area contributed by atoms with Crippen LogP contribution < -0.4 is 11.1 Å². The number of nitrogens with two attached hydrogens (primary N) is 1. The van der Waals surface area contributed by atoms with Crippen LogP contribution >= 0.6 is 11.8 Å². The molecule has 0 saturated heterocycles. The van der Waals surface area contributed by atoms with Gasteiger partial charge < -0.3 is 15.8 Å². The lowest BCUT2D eigenvalue weighted by Crippen LogP contribution is -2.47. The topological polar surface area (TPSA) is 81.4 Å². The minimum atomic E-state index is -0.875. The van der Waals surface area contributed by atoms with Crippen molar-refractivity contribution in [1.29, 1.82) is 0 Å². The summed E-state index contributed by atoms with van der Waals surface area (Å²) in [5, 5.41) is 2.65. The number of primary amides is 1. The molecule has 3 N–H and O–H groups in total. The van der Waals surface area contributed by atoms with Crippen LogP contribution in [0.5, 0.6) is 0 Å². The maximum Gasteiger partial charge on any atom is 0.407 e. The van der Waals surface area contributed by atoms with E-state index >= 15 is 0 Å². The number of nitrogens with one attached hydrogen (secondary N) is 1. The highest BCUT2D eigenvalue weighted by atomic mass is 32.2. The van der Waals surface area contributed by atoms with Gasteiger partial charge in [0.25, 0.3) is 0 Å². The Bertz CT molecular complexity index is 917. The molecule has 0 aliphatic rings. The smallest absolute Gasteiger partial charge is 0.407 e. The zero-order valence-electron chi connectivity index (χ0n) is 18.8. The fourth-order valence-electron chi connectivity index (χ4n) is 3.66. The van der Waals surface area contributed by atoms with E-state index in [0.29, 0.717) is 6.61 Å². The Hall–Kier alpha value is -3.25. The second-order valence-electron chi connectivity index (χ2n) is 7.68. The summed E-state index contributed by atoms with van der Waals surface area (Å²) >= 11 is 1.56. The molecule has 33 heavy (non-hydrogen) atoms. The van der Waals surface area contributed by atoms with E-state index in [2.05, 4.69) is 41.7 Å². The van der Waals surface area contributed by atoms with Crippen molar-refractivity contribution in [3.63, 3.8) is 0 Å². The molecule has 2 amide bonds. The van der Waals surface area contributed by atoms with Gasteiger partial charge in [0.05, 0.1) is 11.4 Å². The Kier molecular flexibility index (Phi) is 8.95. The molecular formula is C27H30N2O3S. The summed E-state index contributed by atoms with van der Waals surface area (Å²) < 4.78 is 4.58. The van der Waals surface area contributed by atoms with Crippen molar-refractivity contribution >= 4 is 23.8 Å². The maximum absolute atomic E-state index is 12.2. The number of carbonyl (C=O) groups excluding carboxylic acids is 2. The van der Waals surface area contributed by atoms with E-state index in [4.69, 9.17) is 10.5 Å². The van der Waals surface area contributed by atoms with Crippen molar-refractivity contribution in [2.45, 2.75) is 30.6 Å². The first kappa shape index (κ1) is 24.4. The van der Waals surface area contributed by atoms with Gasteiger partial charge in [-0.05, 0) is 23.1 Å². The van der Waals surface area contributed by atoms with Gasteiger partial charge in [-0.1, -0.05) is 104 Å². The van der Waals surface area contributed by atoms with E-state index in [9.17, 15) is 9.59 Å². The van der Waals surface area contributed by atoms with Crippen LogP contribution in [0, 0.1) is 0 Å². The predicted octanol–water partition coefficient (Wildman–Crippen LogP) is 5.09. The van der Waals surface area contributed by atoms with Crippen LogP contribution in [0.15, 0.2) is 91.0 Å². The number of thioether (sulfide) groups is 1. The quantitative estimate of drug-likeness (QED) is 0.307. The highest BCUT2D eigenvalue weighted by molar-refractivity contribution is 8.00. The van der Waals surface area contributed by atoms with Gasteiger partial charge in [-0.25, -0.2) is 4.79 Å². The Morgan fingerprint density at radius 1 is 0.879 bits per heavy atom. The Morgan fingerprint density at radius 3 is 1.73 bits per heavy atom. The number of carbonyl (C=O) groups is 2. The van der Waals surface area contributed by atoms with Gasteiger partial charge in [-0.2, -0.15) is 0 Å². The Labute approximate surface area is 199 Å². The number of benzene rings is 3. The molecule has 0 radical (unpaired) electrons. The third-order valence-corrected chi connectivity index (χ3v) is 7.01. The number of hydrogen-bond acceptors (Lipinski definition) is 4. The molecule has 0 spiro atoms. The summed E-state index contributed by atoms with van der Waals surface area (Å²) in [6.45, 7) is 2.32. The highest BCUT2D eigenvalue weighted by Crippen LogP contribution is 2.48. The lowest BCUT2D eigenvalue weighted by molar-refractivity contribution is -0.119. The zero-order valence-corrected chi connectivity index (χ0v) is 19.6. The van der Waals surface area contributed by atoms with Crippen molar-refractivity contribution in [3.05, 3.63) is 108 Å². The van der Waals surface area contributed by atoms with Crippen LogP contribution in [0.2, 0.25) is 0 Å². The van der Waals surface area contributed by atoms with Gasteiger partial charge >= 0.3 is 6.09 Å². The monoisotopic (exact) mass is 462 g/mol. The van der Waals surface area contributed by atoms with Crippen molar-refractivity contribution < 1.29 is 14.3 Å². The summed E-state index contributed by atoms with van der Waals surface area (Å²) in [5.74, 6) is -0.324. The van der Waals surface area contributed by atoms with E-state index in [0.717, 1.165) is 29.5 Å². The van der Waals surface area contributed by atoms with Crippen LogP contribution in [0.4, 0.5) is 4.79 Å². The van der Waals surface area contributed by atoms with Gasteiger partial charge in [0, 0.05) is 5.75 Å². The van der Waals surface area contributed by atoms with Gasteiger partial charge in [-0.3, -0.25) is 4.79 Å². The van der Waals surface area contributed by atoms with Crippen LogP contribution in [0.1, 0.15) is 36.5 Å². The summed E-state index contributed by atoms with van der Waals surface area (Å²) in [5.41, 5.74) is 8.87. The molecule has 0 bridgehead atoms. The molecular weight excluding hydrogens is 432 g/mol. The van der Waals surface area contributed by atoms with Crippen molar-refractivity contribution in [3.8, 4) is 0 Å². The van der Waals surface area contributed by atoms with Gasteiger partial charge in [0.1, 0.15) is 6.04 Å². The number of amides is 2. The fourth-order valence-corrected chi connectivity index (χ4v) is 5.24. The fraction of sp³-hybridized carbons (Fsp3) is 0.259. The molecule has 3 aromatic rings. The van der Waals surface area contributed by atoms with Crippen LogP contribution in [0.3, 0.4) is 0 Å². The van der Waals surface area contributed by atoms with E-state index in [1.54, 1.807) is 11.8 Å². The lowest BCUT2D eigenvalue weighted by Gasteiger charge is -2.36. The molecule has 1 atom stereocenters. The van der Waals surface area contributed by atoms with Gasteiger partial charge in [-0.15, -0.1) is 11.8 Å². The molecule has 0 fully saturated rings. The third kappa shape index (κ3) is 6.17. The lowest BCUT2D eigenvalue weighted by atomic mass is 9.84. The largest absolute Gasteiger partial charge is 0.450 e. The molecule has 3 aromatic carbocycles. The molecule has 5 nitrogen and oxygen atoms in total. The van der Waals surface area contributed by atoms with E-state index in [1.807, 2.05) is 61.5 Å². The van der Waals surface area contributed by atoms with Crippen molar-refractivity contribution in [1.82, 2.24) is 5.32 Å². The standard InChI is InChI=1S/C27H30N2O3S/c1-2-3-19-32-26(31)29-24(25(28)30)20-33-27(21-13-7-4-8-14-21,22-15-9-5-10-16-22)23-17-11-6-12-18-23/h4-18,24H,2-3,19-20H2,1H3,(H2,28,30)(H,29,31)/t24-/m0/s1. The summed E-state index contributed by atoms with van der Waals surface area (Å²) in [6, 6.07) is 29.6. The normalized spacial score (nSPS) is 12.0. The first-order valence-electron chi connectivity index (χ1n) is 11.1. The second kappa shape index (κ2) is 12.1. The second-order valence-corrected chi connectivity index (χ2v) is 8.91. The van der Waals surface area contributed by atoms with Crippen LogP contribution in [-0.4, -0.2) is 30.4 Å². The number of ether oxygens (including phenoxy) is 1. The van der Waals surface area contributed by atoms with Gasteiger partial charge in [0.15, 0.2) is 0 Å². The Morgan fingerprint density at radius 2 is 1.33 bits per heavy atom. The molecule has 6 heteroatoms. The molecule has 0 saturated carbocycles. The number of hydrogen-bond donors (Lipinski definition) is 2. The van der Waals surface area contributed by atoms with Crippen LogP contribution in [-0.2, 0) is 14.3 Å². The summed E-state index contributed by atoms with van der Waals surface area (Å²) in [7, 11) is 0. The first-order valence-corrected chi connectivity index (χ1v) is 12.1. The van der Waals surface area contributed by atoms with Crippen molar-refractivity contribution in [2.75, 3.05) is 12.4 Å². The van der Waals surface area contributed by atoms with E-state index in [-0.39, 0.29) is 5.75 Å².